The van der Waals surface area contributed by atoms with E-state index in [0.717, 1.165) is 31.0 Å². The first-order valence-electron chi connectivity index (χ1n) is 18.6. The highest BCUT2D eigenvalue weighted by Crippen LogP contribution is 2.40. The van der Waals surface area contributed by atoms with Crippen molar-refractivity contribution in [3.8, 4) is 0 Å². The minimum Gasteiger partial charge on any atom is -0.459 e. The van der Waals surface area contributed by atoms with Crippen LogP contribution in [0.2, 0.25) is 0 Å². The Labute approximate surface area is 311 Å². The molecule has 2 fully saturated rings. The quantitative estimate of drug-likeness (QED) is 0.112. The molecule has 1 aliphatic heterocycles. The third kappa shape index (κ3) is 8.58. The number of fused-ring (bicyclic) bond motifs is 1. The lowest BCUT2D eigenvalue weighted by Crippen LogP contribution is -2.52. The summed E-state index contributed by atoms with van der Waals surface area (Å²) in [5.41, 5.74) is 0.899. The lowest BCUT2D eigenvalue weighted by molar-refractivity contribution is 0.0256. The molecule has 4 aromatic rings. The van der Waals surface area contributed by atoms with Crippen molar-refractivity contribution in [2.75, 3.05) is 62.8 Å². The van der Waals surface area contributed by atoms with E-state index in [1.165, 1.54) is 28.0 Å². The summed E-state index contributed by atoms with van der Waals surface area (Å²) in [7, 11) is 0. The fraction of sp³-hybridized carbons (Fsp3) is 0.487. The molecule has 0 bridgehead atoms. The minimum atomic E-state index is -0.910. The molecule has 1 saturated carbocycles. The number of anilines is 3. The number of piperazine rings is 1. The third-order valence-electron chi connectivity index (χ3n) is 10.2. The number of H-pyrrole nitrogens is 1. The topological polar surface area (TPSA) is 151 Å². The molecular weight excluding hydrogens is 702 g/mol. The van der Waals surface area contributed by atoms with Crippen LogP contribution in [0.3, 0.4) is 0 Å². The Morgan fingerprint density at radius 2 is 1.81 bits per heavy atom. The van der Waals surface area contributed by atoms with E-state index < -0.39 is 34.3 Å². The van der Waals surface area contributed by atoms with Gasteiger partial charge in [-0.25, -0.2) is 18.4 Å². The Hall–Kier alpha value is -4.86. The van der Waals surface area contributed by atoms with Gasteiger partial charge in [-0.1, -0.05) is 13.0 Å². The number of carbonyl (C=O) groups is 1. The summed E-state index contributed by atoms with van der Waals surface area (Å²) in [6.45, 7) is 8.00. The molecule has 54 heavy (non-hydrogen) atoms. The van der Waals surface area contributed by atoms with Crippen LogP contribution in [0.25, 0.3) is 10.9 Å². The molecule has 1 saturated heterocycles. The molecule has 6 rings (SSSR count). The number of carbonyl (C=O) groups excluding carboxylic acids is 1. The van der Waals surface area contributed by atoms with Crippen molar-refractivity contribution in [3.05, 3.63) is 95.9 Å². The molecule has 0 radical (unpaired) electrons. The average molecular weight is 751 g/mol. The number of nitrogens with one attached hydrogen (secondary N) is 2. The number of aromatic amines is 1. The number of aromatic nitrogens is 3. The second-order valence-corrected chi connectivity index (χ2v) is 14.0. The van der Waals surface area contributed by atoms with E-state index in [0.29, 0.717) is 44.8 Å². The van der Waals surface area contributed by atoms with Gasteiger partial charge in [-0.05, 0) is 81.8 Å². The van der Waals surface area contributed by atoms with Gasteiger partial charge < -0.3 is 29.4 Å². The minimum absolute atomic E-state index is 0.0273. The van der Waals surface area contributed by atoms with Crippen LogP contribution in [-0.2, 0) is 22.4 Å². The predicted octanol–water partition coefficient (Wildman–Crippen LogP) is 4.24. The summed E-state index contributed by atoms with van der Waals surface area (Å²) in [5.74, 6) is -2.30. The third-order valence-corrected chi connectivity index (χ3v) is 10.2. The maximum absolute atomic E-state index is 16.4. The monoisotopic (exact) mass is 750 g/mol. The molecule has 2 aromatic carbocycles. The van der Waals surface area contributed by atoms with Crippen molar-refractivity contribution in [1.29, 1.82) is 0 Å². The van der Waals surface area contributed by atoms with Gasteiger partial charge in [0.05, 0.1) is 30.7 Å². The normalized spacial score (nSPS) is 16.3. The first kappa shape index (κ1) is 38.9. The SMILES string of the molecule is CCc1cc(Nc2cc(=O)n(CCCCN3CCN(c4c(F)cc5c(=O)c(C(=O)OCCOCCO)cn(C6CC6)c5c4F)CC3C)c(=O)[nH]2)ccc1C. The molecule has 1 unspecified atom stereocenters. The summed E-state index contributed by atoms with van der Waals surface area (Å²) >= 11 is 0. The molecule has 1 aliphatic carbocycles. The molecule has 290 valence electrons. The molecule has 15 heteroatoms. The smallest absolute Gasteiger partial charge is 0.343 e. The van der Waals surface area contributed by atoms with E-state index in [2.05, 4.69) is 22.1 Å². The van der Waals surface area contributed by atoms with Gasteiger partial charge in [-0.2, -0.15) is 0 Å². The number of pyridine rings is 1. The molecule has 3 heterocycles. The number of halogens is 2. The van der Waals surface area contributed by atoms with Gasteiger partial charge in [0.15, 0.2) is 5.82 Å². The van der Waals surface area contributed by atoms with Crippen molar-refractivity contribution in [2.45, 2.75) is 71.5 Å². The van der Waals surface area contributed by atoms with Crippen LogP contribution < -0.4 is 26.9 Å². The van der Waals surface area contributed by atoms with Crippen LogP contribution in [0, 0.1) is 18.6 Å². The van der Waals surface area contributed by atoms with Crippen LogP contribution >= 0.6 is 0 Å². The number of benzene rings is 2. The Balaban J connectivity index is 1.08. The second-order valence-electron chi connectivity index (χ2n) is 14.0. The summed E-state index contributed by atoms with van der Waals surface area (Å²) in [4.78, 5) is 58.5. The fourth-order valence-electron chi connectivity index (χ4n) is 7.15. The van der Waals surface area contributed by atoms with Gasteiger partial charge in [0.2, 0.25) is 5.43 Å². The van der Waals surface area contributed by atoms with Gasteiger partial charge in [0.1, 0.15) is 29.5 Å². The fourth-order valence-corrected chi connectivity index (χ4v) is 7.15. The van der Waals surface area contributed by atoms with Gasteiger partial charge in [0, 0.05) is 56.2 Å². The standard InChI is InChI=1S/C39H48F2N6O7/c1-4-26-19-27(8-7-24(26)2)42-32-21-33(49)46(39(52)43-32)12-6-5-11-44-13-14-45(22-25(44)3)36-31(40)20-29-35(34(36)41)47(28-9-10-28)23-30(37(29)50)38(51)54-18-17-53-16-15-48/h7-8,19-21,23,25,28,42,48H,4-6,9-18,22H2,1-3H3,(H,43,52). The van der Waals surface area contributed by atoms with E-state index in [1.807, 2.05) is 32.0 Å². The van der Waals surface area contributed by atoms with Crippen LogP contribution in [0.5, 0.6) is 0 Å². The molecule has 1 atom stereocenters. The highest BCUT2D eigenvalue weighted by atomic mass is 19.1. The zero-order valence-corrected chi connectivity index (χ0v) is 31.0. The molecule has 3 N–H and O–H groups in total. The van der Waals surface area contributed by atoms with Crippen LogP contribution in [0.15, 0.2) is 50.9 Å². The molecular formula is C39H48F2N6O7. The summed E-state index contributed by atoms with van der Waals surface area (Å²) in [5, 5.41) is 11.7. The van der Waals surface area contributed by atoms with Crippen molar-refractivity contribution >= 4 is 34.1 Å². The first-order chi connectivity index (χ1) is 26.0. The van der Waals surface area contributed by atoms with Crippen molar-refractivity contribution in [2.24, 2.45) is 0 Å². The van der Waals surface area contributed by atoms with Crippen molar-refractivity contribution in [3.63, 3.8) is 0 Å². The number of nitrogens with zero attached hydrogens (tertiary/aromatic N) is 4. The number of aryl methyl sites for hydroxylation is 2. The highest BCUT2D eigenvalue weighted by molar-refractivity contribution is 5.95. The number of ether oxygens (including phenoxy) is 2. The maximum Gasteiger partial charge on any atom is 0.343 e. The summed E-state index contributed by atoms with van der Waals surface area (Å²) < 4.78 is 45.2. The second kappa shape index (κ2) is 17.1. The molecule has 13 nitrogen and oxygen atoms in total. The van der Waals surface area contributed by atoms with E-state index in [-0.39, 0.29) is 67.2 Å². The largest absolute Gasteiger partial charge is 0.459 e. The zero-order valence-electron chi connectivity index (χ0n) is 31.0. The van der Waals surface area contributed by atoms with E-state index in [1.54, 1.807) is 9.47 Å². The number of hydrogen-bond donors (Lipinski definition) is 3. The van der Waals surface area contributed by atoms with Crippen molar-refractivity contribution < 1.29 is 28.2 Å². The molecule has 0 spiro atoms. The van der Waals surface area contributed by atoms with E-state index in [9.17, 15) is 19.2 Å². The van der Waals surface area contributed by atoms with E-state index >= 15 is 8.78 Å². The van der Waals surface area contributed by atoms with Crippen LogP contribution in [-0.4, -0.2) is 88.7 Å². The Kier molecular flexibility index (Phi) is 12.3. The summed E-state index contributed by atoms with van der Waals surface area (Å²) in [6.07, 6.45) is 4.91. The number of esters is 1. The molecule has 2 aliphatic rings. The summed E-state index contributed by atoms with van der Waals surface area (Å²) in [6, 6.07) is 8.10. The van der Waals surface area contributed by atoms with Crippen LogP contribution in [0.1, 0.15) is 67.1 Å². The predicted molar refractivity (Wildman–Crippen MR) is 202 cm³/mol. The first-order valence-corrected chi connectivity index (χ1v) is 18.6. The molecule has 2 aromatic heterocycles. The number of aliphatic hydroxyl groups excluding tert-OH is 1. The number of aliphatic hydroxyl groups is 1. The number of rotatable bonds is 16. The Morgan fingerprint density at radius 3 is 2.52 bits per heavy atom. The Morgan fingerprint density at radius 1 is 1.04 bits per heavy atom. The lowest BCUT2D eigenvalue weighted by atomic mass is 10.1. The van der Waals surface area contributed by atoms with Gasteiger partial charge in [0.25, 0.3) is 5.56 Å². The van der Waals surface area contributed by atoms with Crippen LogP contribution in [0.4, 0.5) is 26.0 Å². The lowest BCUT2D eigenvalue weighted by Gasteiger charge is -2.41. The molecule has 0 amide bonds. The maximum atomic E-state index is 16.4. The van der Waals surface area contributed by atoms with Crippen molar-refractivity contribution in [1.82, 2.24) is 19.0 Å². The average Bonchev–Trinajstić information content (AvgIpc) is 3.98. The zero-order chi connectivity index (χ0) is 38.5. The van der Waals surface area contributed by atoms with Gasteiger partial charge in [-0.15, -0.1) is 0 Å². The van der Waals surface area contributed by atoms with Gasteiger partial charge in [-0.3, -0.25) is 24.0 Å². The van der Waals surface area contributed by atoms with Gasteiger partial charge >= 0.3 is 11.7 Å². The number of hydrogen-bond acceptors (Lipinski definition) is 10. The number of unbranched alkanes of at least 4 members (excludes halogenated alkanes) is 1. The highest BCUT2D eigenvalue weighted by Gasteiger charge is 2.33. The Bertz CT molecular complexity index is 2150. The van der Waals surface area contributed by atoms with E-state index in [4.69, 9.17) is 14.6 Å².